The zero-order valence-corrected chi connectivity index (χ0v) is 23.3. The number of carbonyl (C=O) groups excluding carboxylic acids is 5. The second-order valence-electron chi connectivity index (χ2n) is 10.3. The van der Waals surface area contributed by atoms with Crippen LogP contribution in [0.15, 0.2) is 42.5 Å². The molecule has 1 aromatic rings. The van der Waals surface area contributed by atoms with Crippen molar-refractivity contribution in [1.82, 2.24) is 4.90 Å². The Labute approximate surface area is 229 Å². The van der Waals surface area contributed by atoms with Crippen LogP contribution in [-0.2, 0) is 39.8 Å². The van der Waals surface area contributed by atoms with E-state index in [-0.39, 0.29) is 44.4 Å². The van der Waals surface area contributed by atoms with Gasteiger partial charge in [-0.25, -0.2) is 9.69 Å². The van der Waals surface area contributed by atoms with Crippen LogP contribution in [-0.4, -0.2) is 77.1 Å². The summed E-state index contributed by atoms with van der Waals surface area (Å²) in [6.07, 6.45) is 0.179. The first-order chi connectivity index (χ1) is 18.4. The Morgan fingerprint density at radius 1 is 1.10 bits per heavy atom. The normalized spacial score (nSPS) is 18.2. The number of esters is 1. The molecule has 1 heterocycles. The number of amides is 2. The molecule has 3 atom stereocenters. The fourth-order valence-corrected chi connectivity index (χ4v) is 4.84. The van der Waals surface area contributed by atoms with Gasteiger partial charge in [0, 0.05) is 20.0 Å². The summed E-state index contributed by atoms with van der Waals surface area (Å²) >= 11 is 0. The minimum absolute atomic E-state index is 0.00235. The third kappa shape index (κ3) is 9.11. The van der Waals surface area contributed by atoms with Crippen LogP contribution in [0.5, 0.6) is 0 Å². The Kier molecular flexibility index (Phi) is 12.0. The average Bonchev–Trinajstić information content (AvgIpc) is 3.12. The van der Waals surface area contributed by atoms with Gasteiger partial charge in [-0.2, -0.15) is 0 Å². The number of benzene rings is 1. The van der Waals surface area contributed by atoms with Gasteiger partial charge in [0.25, 0.3) is 0 Å². The fourth-order valence-electron chi connectivity index (χ4n) is 4.84. The molecule has 1 saturated heterocycles. The highest BCUT2D eigenvalue weighted by atomic mass is 16.6. The Balaban J connectivity index is 2.38. The molecule has 10 nitrogen and oxygen atoms in total. The number of aliphatic hydroxyl groups excluding tert-OH is 1. The fraction of sp³-hybridized carbons (Fsp3) is 0.552. The van der Waals surface area contributed by atoms with E-state index in [1.54, 1.807) is 44.2 Å². The number of ketones is 2. The molecule has 0 radical (unpaired) electrons. The summed E-state index contributed by atoms with van der Waals surface area (Å²) in [5, 5.41) is 8.73. The molecule has 0 bridgehead atoms. The molecule has 0 spiro atoms. The predicted octanol–water partition coefficient (Wildman–Crippen LogP) is 3.04. The van der Waals surface area contributed by atoms with Gasteiger partial charge in [-0.3, -0.25) is 19.2 Å². The van der Waals surface area contributed by atoms with Crippen molar-refractivity contribution in [3.63, 3.8) is 0 Å². The van der Waals surface area contributed by atoms with Crippen LogP contribution < -0.4 is 0 Å². The molecule has 0 aliphatic carbocycles. The number of hydrogen-bond donors (Lipinski definition) is 1. The number of cyclic esters (lactones) is 1. The van der Waals surface area contributed by atoms with Crippen LogP contribution in [0.3, 0.4) is 0 Å². The van der Waals surface area contributed by atoms with E-state index >= 15 is 0 Å². The maximum absolute atomic E-state index is 14.0. The maximum atomic E-state index is 14.0. The summed E-state index contributed by atoms with van der Waals surface area (Å²) in [4.78, 5) is 65.6. The molecule has 39 heavy (non-hydrogen) atoms. The smallest absolute Gasteiger partial charge is 0.417 e. The van der Waals surface area contributed by atoms with E-state index < -0.39 is 47.4 Å². The van der Waals surface area contributed by atoms with Crippen molar-refractivity contribution in [2.24, 2.45) is 11.8 Å². The van der Waals surface area contributed by atoms with Gasteiger partial charge in [0.05, 0.1) is 25.2 Å². The highest BCUT2D eigenvalue weighted by Gasteiger charge is 2.54. The number of hydrogen-bond acceptors (Lipinski definition) is 9. The predicted molar refractivity (Wildman–Crippen MR) is 142 cm³/mol. The first-order valence-electron chi connectivity index (χ1n) is 13.1. The number of ether oxygens (including phenoxy) is 3. The number of nitrogens with zero attached hydrogens (tertiary/aromatic N) is 1. The number of aliphatic hydroxyl groups is 1. The minimum atomic E-state index is -1.57. The topological polar surface area (TPSA) is 137 Å². The molecule has 1 aliphatic heterocycles. The SMILES string of the molecule is CC(=O)O[C@@H](C(=O)C=CC(=O)CCCOCCO)[C@@H](Cc1ccccc1)C(=O)N1C(=O)OC(C)(C)[C@H]1C(C)C. The van der Waals surface area contributed by atoms with Crippen LogP contribution in [0.25, 0.3) is 0 Å². The summed E-state index contributed by atoms with van der Waals surface area (Å²) in [6.45, 7) is 8.60. The van der Waals surface area contributed by atoms with Crippen LogP contribution in [0.2, 0.25) is 0 Å². The molecular formula is C29H39NO9. The van der Waals surface area contributed by atoms with E-state index in [1.807, 2.05) is 13.8 Å². The molecule has 10 heteroatoms. The highest BCUT2D eigenvalue weighted by Crippen LogP contribution is 2.36. The summed E-state index contributed by atoms with van der Waals surface area (Å²) < 4.78 is 16.0. The molecule has 214 valence electrons. The number of carbonyl (C=O) groups is 5. The Hall–Kier alpha value is -3.37. The van der Waals surface area contributed by atoms with Crippen LogP contribution in [0, 0.1) is 11.8 Å². The molecule has 0 unspecified atom stereocenters. The molecule has 0 saturated carbocycles. The van der Waals surface area contributed by atoms with Crippen molar-refractivity contribution in [1.29, 1.82) is 0 Å². The molecule has 2 amide bonds. The first kappa shape index (κ1) is 31.8. The summed E-state index contributed by atoms with van der Waals surface area (Å²) in [5.41, 5.74) is -0.275. The largest absolute Gasteiger partial charge is 0.453 e. The summed E-state index contributed by atoms with van der Waals surface area (Å²) in [6, 6.07) is 8.25. The quantitative estimate of drug-likeness (QED) is 0.200. The van der Waals surface area contributed by atoms with Crippen molar-refractivity contribution in [3.05, 3.63) is 48.0 Å². The minimum Gasteiger partial charge on any atom is -0.453 e. The molecular weight excluding hydrogens is 506 g/mol. The Morgan fingerprint density at radius 2 is 1.77 bits per heavy atom. The lowest BCUT2D eigenvalue weighted by molar-refractivity contribution is -0.159. The average molecular weight is 546 g/mol. The van der Waals surface area contributed by atoms with E-state index in [1.165, 1.54) is 0 Å². The molecule has 1 fully saturated rings. The van der Waals surface area contributed by atoms with Gasteiger partial charge in [0.1, 0.15) is 5.60 Å². The lowest BCUT2D eigenvalue weighted by Gasteiger charge is -2.34. The Morgan fingerprint density at radius 3 is 2.36 bits per heavy atom. The van der Waals surface area contributed by atoms with Crippen molar-refractivity contribution in [3.8, 4) is 0 Å². The maximum Gasteiger partial charge on any atom is 0.417 e. The van der Waals surface area contributed by atoms with Gasteiger partial charge in [-0.15, -0.1) is 0 Å². The van der Waals surface area contributed by atoms with Gasteiger partial charge in [-0.1, -0.05) is 44.2 Å². The third-order valence-electron chi connectivity index (χ3n) is 6.34. The number of allylic oxidation sites excluding steroid dienone is 1. The molecule has 1 aliphatic rings. The molecule has 1 aromatic carbocycles. The van der Waals surface area contributed by atoms with E-state index in [0.717, 1.165) is 24.0 Å². The summed E-state index contributed by atoms with van der Waals surface area (Å²) in [5.74, 6) is -4.00. The van der Waals surface area contributed by atoms with E-state index in [9.17, 15) is 24.0 Å². The Bertz CT molecular complexity index is 1050. The third-order valence-corrected chi connectivity index (χ3v) is 6.34. The second-order valence-corrected chi connectivity index (χ2v) is 10.3. The van der Waals surface area contributed by atoms with Gasteiger partial charge in [0.2, 0.25) is 5.91 Å². The van der Waals surface area contributed by atoms with Crippen LogP contribution in [0.4, 0.5) is 4.79 Å². The van der Waals surface area contributed by atoms with Crippen LogP contribution >= 0.6 is 0 Å². The molecule has 2 rings (SSSR count). The zero-order valence-electron chi connectivity index (χ0n) is 23.3. The zero-order chi connectivity index (χ0) is 29.2. The molecule has 1 N–H and O–H groups in total. The van der Waals surface area contributed by atoms with Crippen molar-refractivity contribution in [2.45, 2.75) is 71.6 Å². The lowest BCUT2D eigenvalue weighted by Crippen LogP contribution is -2.53. The van der Waals surface area contributed by atoms with Crippen LogP contribution in [0.1, 0.15) is 53.0 Å². The number of imide groups is 1. The van der Waals surface area contributed by atoms with Gasteiger partial charge in [0.15, 0.2) is 17.7 Å². The monoisotopic (exact) mass is 545 g/mol. The lowest BCUT2D eigenvalue weighted by atomic mass is 9.85. The van der Waals surface area contributed by atoms with Gasteiger partial charge >= 0.3 is 12.1 Å². The standard InChI is InChI=1S/C29H39NO9/c1-19(2)26-29(4,5)39-28(36)30(26)27(35)23(18-21-10-7-6-8-11-21)25(38-20(3)32)24(34)14-13-22(33)12-9-16-37-17-15-31/h6-8,10-11,13-14,19,23,25-26,31H,9,12,15-18H2,1-5H3/t23-,25-,26-/m1/s1. The van der Waals surface area contributed by atoms with Crippen molar-refractivity contribution < 1.29 is 43.3 Å². The van der Waals surface area contributed by atoms with Crippen molar-refractivity contribution in [2.75, 3.05) is 19.8 Å². The highest BCUT2D eigenvalue weighted by molar-refractivity contribution is 6.05. The molecule has 0 aromatic heterocycles. The van der Waals surface area contributed by atoms with E-state index in [0.29, 0.717) is 12.0 Å². The van der Waals surface area contributed by atoms with E-state index in [2.05, 4.69) is 0 Å². The van der Waals surface area contributed by atoms with E-state index in [4.69, 9.17) is 19.3 Å². The number of rotatable bonds is 15. The first-order valence-corrected chi connectivity index (χ1v) is 13.1. The van der Waals surface area contributed by atoms with Gasteiger partial charge in [-0.05, 0) is 50.3 Å². The van der Waals surface area contributed by atoms with Crippen molar-refractivity contribution >= 4 is 29.5 Å². The van der Waals surface area contributed by atoms with Gasteiger partial charge < -0.3 is 19.3 Å². The second kappa shape index (κ2) is 14.7. The summed E-state index contributed by atoms with van der Waals surface area (Å²) in [7, 11) is 0.